The van der Waals surface area contributed by atoms with Gasteiger partial charge in [-0.25, -0.2) is 0 Å². The molecule has 4 heteroatoms. The van der Waals surface area contributed by atoms with Crippen LogP contribution in [-0.4, -0.2) is 32.5 Å². The number of nitrogens with zero attached hydrogens (tertiary/aromatic N) is 1. The second kappa shape index (κ2) is 6.22. The minimum absolute atomic E-state index is 0.0461. The van der Waals surface area contributed by atoms with Gasteiger partial charge in [-0.3, -0.25) is 9.79 Å². The first kappa shape index (κ1) is 9.10. The third-order valence-electron chi connectivity index (χ3n) is 0.803. The summed E-state index contributed by atoms with van der Waals surface area (Å²) in [5, 5.41) is 2.58. The summed E-state index contributed by atoms with van der Waals surface area (Å²) in [6.07, 6.45) is 0. The molecule has 58 valence electrons. The Hall–Kier alpha value is -0.900. The molecule has 10 heavy (non-hydrogen) atoms. The fourth-order valence-electron chi connectivity index (χ4n) is 0.428. The van der Waals surface area contributed by atoms with Crippen LogP contribution in [0.4, 0.5) is 0 Å². The Morgan fingerprint density at radius 2 is 2.50 bits per heavy atom. The first-order chi connectivity index (χ1) is 4.77. The molecule has 0 unspecified atom stereocenters. The van der Waals surface area contributed by atoms with E-state index in [0.29, 0.717) is 19.9 Å². The van der Waals surface area contributed by atoms with Crippen molar-refractivity contribution < 1.29 is 9.53 Å². The number of carbonyl (C=O) groups excluding carboxylic acids is 1. The van der Waals surface area contributed by atoms with Crippen molar-refractivity contribution >= 4 is 12.6 Å². The summed E-state index contributed by atoms with van der Waals surface area (Å²) in [5.41, 5.74) is 0. The average molecular weight is 144 g/mol. The maximum atomic E-state index is 10.3. The number of aliphatic imine (C=N–C) groups is 1. The largest absolute Gasteiger partial charge is 0.358 e. The summed E-state index contributed by atoms with van der Waals surface area (Å²) >= 11 is 0. The van der Waals surface area contributed by atoms with Gasteiger partial charge in [-0.1, -0.05) is 0 Å². The van der Waals surface area contributed by atoms with Crippen molar-refractivity contribution in [3.8, 4) is 0 Å². The third kappa shape index (κ3) is 7.10. The highest BCUT2D eigenvalue weighted by Crippen LogP contribution is 1.72. The quantitative estimate of drug-likeness (QED) is 0.429. The van der Waals surface area contributed by atoms with E-state index < -0.39 is 0 Å². The van der Waals surface area contributed by atoms with Crippen molar-refractivity contribution in [3.63, 3.8) is 0 Å². The van der Waals surface area contributed by atoms with Crippen LogP contribution in [0.2, 0.25) is 0 Å². The van der Waals surface area contributed by atoms with Crippen molar-refractivity contribution in [1.29, 1.82) is 0 Å². The van der Waals surface area contributed by atoms with Gasteiger partial charge in [0.05, 0.1) is 6.61 Å². The fourth-order valence-corrected chi connectivity index (χ4v) is 0.428. The molecule has 0 aliphatic carbocycles. The number of amides is 1. The topological polar surface area (TPSA) is 50.7 Å². The van der Waals surface area contributed by atoms with Gasteiger partial charge in [0.2, 0.25) is 5.91 Å². The van der Waals surface area contributed by atoms with E-state index in [1.165, 1.54) is 6.92 Å². The van der Waals surface area contributed by atoms with Gasteiger partial charge in [0, 0.05) is 13.5 Å². The lowest BCUT2D eigenvalue weighted by Gasteiger charge is -2.00. The normalized spacial score (nSPS) is 8.90. The minimum atomic E-state index is -0.0461. The van der Waals surface area contributed by atoms with E-state index in [-0.39, 0.29) is 5.91 Å². The summed E-state index contributed by atoms with van der Waals surface area (Å²) in [5.74, 6) is -0.0461. The smallest absolute Gasteiger partial charge is 0.216 e. The van der Waals surface area contributed by atoms with Gasteiger partial charge in [-0.05, 0) is 6.72 Å². The molecule has 0 aliphatic heterocycles. The molecule has 0 saturated heterocycles. The van der Waals surface area contributed by atoms with Crippen LogP contribution in [0, 0.1) is 0 Å². The second-order valence-electron chi connectivity index (χ2n) is 1.74. The molecule has 0 bridgehead atoms. The van der Waals surface area contributed by atoms with Crippen LogP contribution < -0.4 is 5.32 Å². The van der Waals surface area contributed by atoms with Gasteiger partial charge in [-0.15, -0.1) is 0 Å². The first-order valence-corrected chi connectivity index (χ1v) is 3.02. The van der Waals surface area contributed by atoms with E-state index in [4.69, 9.17) is 4.74 Å². The molecule has 4 nitrogen and oxygen atoms in total. The zero-order chi connectivity index (χ0) is 7.82. The Morgan fingerprint density at radius 3 is 3.00 bits per heavy atom. The molecule has 0 heterocycles. The number of carbonyl (C=O) groups is 1. The second-order valence-corrected chi connectivity index (χ2v) is 1.74. The van der Waals surface area contributed by atoms with Crippen LogP contribution in [0.3, 0.4) is 0 Å². The van der Waals surface area contributed by atoms with Crippen LogP contribution >= 0.6 is 0 Å². The van der Waals surface area contributed by atoms with Crippen LogP contribution in [0.25, 0.3) is 0 Å². The Morgan fingerprint density at radius 1 is 1.80 bits per heavy atom. The zero-order valence-corrected chi connectivity index (χ0v) is 6.09. The minimum Gasteiger partial charge on any atom is -0.358 e. The standard InChI is InChI=1S/C6H12N2O2/c1-6(9)8-3-4-10-5-7-2/h2-5H2,1H3,(H,8,9). The summed E-state index contributed by atoms with van der Waals surface area (Å²) in [6.45, 7) is 6.00. The molecule has 0 radical (unpaired) electrons. The summed E-state index contributed by atoms with van der Waals surface area (Å²) in [6, 6.07) is 0. The summed E-state index contributed by atoms with van der Waals surface area (Å²) in [7, 11) is 0. The maximum Gasteiger partial charge on any atom is 0.216 e. The van der Waals surface area contributed by atoms with Gasteiger partial charge in [0.15, 0.2) is 0 Å². The van der Waals surface area contributed by atoms with E-state index in [2.05, 4.69) is 17.0 Å². The zero-order valence-electron chi connectivity index (χ0n) is 6.09. The summed E-state index contributed by atoms with van der Waals surface area (Å²) in [4.78, 5) is 13.7. The van der Waals surface area contributed by atoms with Gasteiger partial charge < -0.3 is 10.1 Å². The molecule has 0 atom stereocenters. The van der Waals surface area contributed by atoms with E-state index in [9.17, 15) is 4.79 Å². The number of ether oxygens (including phenoxy) is 1. The lowest BCUT2D eigenvalue weighted by atomic mass is 10.6. The molecule has 0 aromatic rings. The predicted molar refractivity (Wildman–Crippen MR) is 39.1 cm³/mol. The van der Waals surface area contributed by atoms with E-state index >= 15 is 0 Å². The maximum absolute atomic E-state index is 10.3. The highest BCUT2D eigenvalue weighted by Gasteiger charge is 1.88. The SMILES string of the molecule is C=NCOCCNC(C)=O. The van der Waals surface area contributed by atoms with Gasteiger partial charge >= 0.3 is 0 Å². The third-order valence-corrected chi connectivity index (χ3v) is 0.803. The molecular formula is C6H12N2O2. The molecule has 0 aromatic heterocycles. The Balaban J connectivity index is 2.90. The predicted octanol–water partition coefficient (Wildman–Crippen LogP) is -0.203. The molecule has 0 saturated carbocycles. The van der Waals surface area contributed by atoms with E-state index in [1.54, 1.807) is 0 Å². The molecule has 0 spiro atoms. The Kier molecular flexibility index (Phi) is 5.66. The van der Waals surface area contributed by atoms with Crippen LogP contribution in [0.1, 0.15) is 6.92 Å². The number of hydrogen-bond acceptors (Lipinski definition) is 3. The molecule has 0 aromatic carbocycles. The number of rotatable bonds is 5. The van der Waals surface area contributed by atoms with Gasteiger partial charge in [-0.2, -0.15) is 0 Å². The number of nitrogens with one attached hydrogen (secondary N) is 1. The molecule has 0 rings (SSSR count). The molecule has 0 fully saturated rings. The van der Waals surface area contributed by atoms with Gasteiger partial charge in [0.25, 0.3) is 0 Å². The highest BCUT2D eigenvalue weighted by molar-refractivity contribution is 5.72. The molecule has 0 aliphatic rings. The fraction of sp³-hybridized carbons (Fsp3) is 0.667. The van der Waals surface area contributed by atoms with E-state index in [0.717, 1.165) is 0 Å². The summed E-state index contributed by atoms with van der Waals surface area (Å²) < 4.78 is 4.89. The Labute approximate surface area is 60.3 Å². The lowest BCUT2D eigenvalue weighted by Crippen LogP contribution is -2.24. The molecule has 1 amide bonds. The number of hydrogen-bond donors (Lipinski definition) is 1. The van der Waals surface area contributed by atoms with Crippen molar-refractivity contribution in [1.82, 2.24) is 5.32 Å². The van der Waals surface area contributed by atoms with Crippen LogP contribution in [0.5, 0.6) is 0 Å². The van der Waals surface area contributed by atoms with Crippen molar-refractivity contribution in [3.05, 3.63) is 0 Å². The van der Waals surface area contributed by atoms with Crippen molar-refractivity contribution in [2.45, 2.75) is 6.92 Å². The highest BCUT2D eigenvalue weighted by atomic mass is 16.5. The lowest BCUT2D eigenvalue weighted by molar-refractivity contribution is -0.119. The van der Waals surface area contributed by atoms with Crippen LogP contribution in [-0.2, 0) is 9.53 Å². The van der Waals surface area contributed by atoms with Crippen molar-refractivity contribution in [2.24, 2.45) is 4.99 Å². The van der Waals surface area contributed by atoms with E-state index in [1.807, 2.05) is 0 Å². The molecular weight excluding hydrogens is 132 g/mol. The average Bonchev–Trinajstić information content (AvgIpc) is 1.87. The van der Waals surface area contributed by atoms with Crippen LogP contribution in [0.15, 0.2) is 4.99 Å². The first-order valence-electron chi connectivity index (χ1n) is 3.02. The Bertz CT molecular complexity index is 114. The molecule has 1 N–H and O–H groups in total. The van der Waals surface area contributed by atoms with Crippen molar-refractivity contribution in [2.75, 3.05) is 19.9 Å². The van der Waals surface area contributed by atoms with Gasteiger partial charge in [0.1, 0.15) is 6.73 Å². The monoisotopic (exact) mass is 144 g/mol.